The Morgan fingerprint density at radius 2 is 2.09 bits per heavy atom. The van der Waals surface area contributed by atoms with Crippen LogP contribution in [-0.2, 0) is 19.4 Å². The first kappa shape index (κ1) is 17.3. The molecule has 0 saturated carbocycles. The summed E-state index contributed by atoms with van der Waals surface area (Å²) in [5, 5.41) is 2.57. The number of rotatable bonds is 5. The molecule has 0 unspecified atom stereocenters. The van der Waals surface area contributed by atoms with Gasteiger partial charge in [-0.25, -0.2) is 13.2 Å². The summed E-state index contributed by atoms with van der Waals surface area (Å²) in [4.78, 5) is 25.5. The van der Waals surface area contributed by atoms with E-state index in [-0.39, 0.29) is 11.5 Å². The maximum atomic E-state index is 11.9. The highest BCUT2D eigenvalue weighted by molar-refractivity contribution is 7.91. The molecule has 1 saturated heterocycles. The van der Waals surface area contributed by atoms with E-state index in [9.17, 15) is 18.0 Å². The molecule has 1 N–H and O–H groups in total. The van der Waals surface area contributed by atoms with Crippen LogP contribution in [0.25, 0.3) is 0 Å². The molecule has 0 radical (unpaired) electrons. The average Bonchev–Trinajstić information content (AvgIpc) is 2.83. The van der Waals surface area contributed by atoms with Crippen LogP contribution in [0, 0.1) is 0 Å². The molecule has 1 aliphatic rings. The number of anilines is 1. The Kier molecular flexibility index (Phi) is 5.25. The molecule has 0 bridgehead atoms. The number of carbonyl (C=O) groups is 2. The van der Waals surface area contributed by atoms with E-state index in [1.54, 1.807) is 18.2 Å². The lowest BCUT2D eigenvalue weighted by molar-refractivity contribution is -0.124. The van der Waals surface area contributed by atoms with Crippen LogP contribution < -0.4 is 10.2 Å². The molecule has 1 aromatic rings. The molecule has 0 aromatic heterocycles. The van der Waals surface area contributed by atoms with Crippen LogP contribution in [0.4, 0.5) is 5.69 Å². The molecule has 1 heterocycles. The van der Waals surface area contributed by atoms with E-state index >= 15 is 0 Å². The van der Waals surface area contributed by atoms with E-state index < -0.39 is 34.4 Å². The highest BCUT2D eigenvalue weighted by Crippen LogP contribution is 2.14. The number of nitrogens with zero attached hydrogens (tertiary/aromatic N) is 1. The number of ether oxygens (including phenoxy) is 1. The van der Waals surface area contributed by atoms with Crippen molar-refractivity contribution in [1.29, 1.82) is 0 Å². The molecule has 8 heteroatoms. The monoisotopic (exact) mass is 340 g/mol. The van der Waals surface area contributed by atoms with Gasteiger partial charge < -0.3 is 15.0 Å². The van der Waals surface area contributed by atoms with Gasteiger partial charge in [0.25, 0.3) is 5.91 Å². The van der Waals surface area contributed by atoms with Gasteiger partial charge in [0.1, 0.15) is 0 Å². The Morgan fingerprint density at radius 1 is 1.35 bits per heavy atom. The second-order valence-corrected chi connectivity index (χ2v) is 7.92. The van der Waals surface area contributed by atoms with Crippen molar-refractivity contribution in [1.82, 2.24) is 5.32 Å². The predicted octanol–water partition coefficient (Wildman–Crippen LogP) is 0.213. The Bertz CT molecular complexity index is 700. The van der Waals surface area contributed by atoms with Gasteiger partial charge in [-0.2, -0.15) is 0 Å². The van der Waals surface area contributed by atoms with Crippen LogP contribution in [0.15, 0.2) is 24.3 Å². The van der Waals surface area contributed by atoms with Crippen molar-refractivity contribution >= 4 is 27.4 Å². The summed E-state index contributed by atoms with van der Waals surface area (Å²) in [6.07, 6.45) is 0.396. The number of hydrogen-bond donors (Lipinski definition) is 1. The number of sulfone groups is 1. The summed E-state index contributed by atoms with van der Waals surface area (Å²) in [5.41, 5.74) is 1.20. The van der Waals surface area contributed by atoms with Gasteiger partial charge in [-0.3, -0.25) is 4.79 Å². The van der Waals surface area contributed by atoms with Gasteiger partial charge in [0.15, 0.2) is 16.4 Å². The third-order valence-electron chi connectivity index (χ3n) is 3.53. The van der Waals surface area contributed by atoms with Crippen LogP contribution in [0.3, 0.4) is 0 Å². The van der Waals surface area contributed by atoms with Crippen LogP contribution in [0.5, 0.6) is 0 Å². The second kappa shape index (κ2) is 6.99. The Morgan fingerprint density at radius 3 is 2.70 bits per heavy atom. The zero-order chi connectivity index (χ0) is 17.0. The SMILES string of the molecule is CN(C)c1cccc(C(=O)OCC(=O)N[C@H]2CCS(=O)(=O)C2)c1. The van der Waals surface area contributed by atoms with Crippen LogP contribution >= 0.6 is 0 Å². The number of hydrogen-bond acceptors (Lipinski definition) is 6. The molecule has 1 aromatic carbocycles. The fourth-order valence-electron chi connectivity index (χ4n) is 2.30. The van der Waals surface area contributed by atoms with E-state index in [0.717, 1.165) is 5.69 Å². The first-order valence-corrected chi connectivity index (χ1v) is 9.03. The molecule has 0 aliphatic carbocycles. The Balaban J connectivity index is 1.84. The first-order chi connectivity index (χ1) is 10.8. The van der Waals surface area contributed by atoms with Crippen molar-refractivity contribution in [3.8, 4) is 0 Å². The first-order valence-electron chi connectivity index (χ1n) is 7.21. The fraction of sp³-hybridized carbons (Fsp3) is 0.467. The number of nitrogens with one attached hydrogen (secondary N) is 1. The van der Waals surface area contributed by atoms with Crippen molar-refractivity contribution in [3.05, 3.63) is 29.8 Å². The maximum Gasteiger partial charge on any atom is 0.338 e. The fourth-order valence-corrected chi connectivity index (χ4v) is 3.98. The summed E-state index contributed by atoms with van der Waals surface area (Å²) in [7, 11) is 0.654. The zero-order valence-electron chi connectivity index (χ0n) is 13.1. The van der Waals surface area contributed by atoms with E-state index in [1.807, 2.05) is 25.1 Å². The standard InChI is InChI=1S/C15H20N2O5S/c1-17(2)13-5-3-4-11(8-13)15(19)22-9-14(18)16-12-6-7-23(20,21)10-12/h3-5,8,12H,6-7,9-10H2,1-2H3,(H,16,18)/t12-/m0/s1. The van der Waals surface area contributed by atoms with Gasteiger partial charge >= 0.3 is 5.97 Å². The highest BCUT2D eigenvalue weighted by Gasteiger charge is 2.29. The zero-order valence-corrected chi connectivity index (χ0v) is 13.9. The Labute approximate surface area is 135 Å². The van der Waals surface area contributed by atoms with Crippen molar-refractivity contribution in [2.45, 2.75) is 12.5 Å². The third-order valence-corrected chi connectivity index (χ3v) is 5.30. The van der Waals surface area contributed by atoms with Gasteiger partial charge in [-0.05, 0) is 24.6 Å². The maximum absolute atomic E-state index is 11.9. The molecule has 7 nitrogen and oxygen atoms in total. The van der Waals surface area contributed by atoms with E-state index in [0.29, 0.717) is 12.0 Å². The number of amides is 1. The lowest BCUT2D eigenvalue weighted by atomic mass is 10.2. The minimum atomic E-state index is -3.06. The normalized spacial score (nSPS) is 19.1. The smallest absolute Gasteiger partial charge is 0.338 e. The van der Waals surface area contributed by atoms with Crippen LogP contribution in [0.2, 0.25) is 0 Å². The lowest BCUT2D eigenvalue weighted by Gasteiger charge is -2.14. The second-order valence-electron chi connectivity index (χ2n) is 5.69. The summed E-state index contributed by atoms with van der Waals surface area (Å²) in [5.74, 6) is -1.07. The van der Waals surface area contributed by atoms with Crippen molar-refractivity contribution in [3.63, 3.8) is 0 Å². The quantitative estimate of drug-likeness (QED) is 0.771. The van der Waals surface area contributed by atoms with Crippen molar-refractivity contribution in [2.75, 3.05) is 37.1 Å². The van der Waals surface area contributed by atoms with Crippen molar-refractivity contribution in [2.24, 2.45) is 0 Å². The van der Waals surface area contributed by atoms with Crippen LogP contribution in [0.1, 0.15) is 16.8 Å². The molecule has 1 amide bonds. The molecular formula is C15H20N2O5S. The molecule has 1 atom stereocenters. The largest absolute Gasteiger partial charge is 0.452 e. The Hall–Kier alpha value is -2.09. The molecule has 1 aliphatic heterocycles. The van der Waals surface area contributed by atoms with Crippen LogP contribution in [-0.4, -0.2) is 58.5 Å². The van der Waals surface area contributed by atoms with Gasteiger partial charge in [-0.1, -0.05) is 6.07 Å². The molecule has 0 spiro atoms. The molecule has 126 valence electrons. The topological polar surface area (TPSA) is 92.8 Å². The van der Waals surface area contributed by atoms with E-state index in [2.05, 4.69) is 5.32 Å². The van der Waals surface area contributed by atoms with Gasteiger partial charge in [0.05, 0.1) is 17.1 Å². The average molecular weight is 340 g/mol. The number of carbonyl (C=O) groups excluding carboxylic acids is 2. The highest BCUT2D eigenvalue weighted by atomic mass is 32.2. The van der Waals surface area contributed by atoms with E-state index in [1.165, 1.54) is 0 Å². The van der Waals surface area contributed by atoms with Crippen molar-refractivity contribution < 1.29 is 22.7 Å². The third kappa shape index (κ3) is 4.95. The minimum absolute atomic E-state index is 0.0580. The van der Waals surface area contributed by atoms with Gasteiger partial charge in [-0.15, -0.1) is 0 Å². The predicted molar refractivity (Wildman–Crippen MR) is 86.3 cm³/mol. The molecule has 2 rings (SSSR count). The lowest BCUT2D eigenvalue weighted by Crippen LogP contribution is -2.38. The summed E-state index contributed by atoms with van der Waals surface area (Å²) in [6.45, 7) is -0.429. The summed E-state index contributed by atoms with van der Waals surface area (Å²) in [6, 6.07) is 6.46. The molecular weight excluding hydrogens is 320 g/mol. The minimum Gasteiger partial charge on any atom is -0.452 e. The molecule has 23 heavy (non-hydrogen) atoms. The number of esters is 1. The number of benzene rings is 1. The van der Waals surface area contributed by atoms with E-state index in [4.69, 9.17) is 4.74 Å². The summed E-state index contributed by atoms with van der Waals surface area (Å²) >= 11 is 0. The van der Waals surface area contributed by atoms with Gasteiger partial charge in [0.2, 0.25) is 0 Å². The van der Waals surface area contributed by atoms with Gasteiger partial charge in [0, 0.05) is 25.8 Å². The summed E-state index contributed by atoms with van der Waals surface area (Å²) < 4.78 is 27.6. The molecule has 1 fully saturated rings.